The largest absolute Gasteiger partial charge is 0.385 e. The van der Waals surface area contributed by atoms with E-state index in [4.69, 9.17) is 4.74 Å². The average molecular weight is 343 g/mol. The van der Waals surface area contributed by atoms with Crippen molar-refractivity contribution in [3.63, 3.8) is 0 Å². The number of aromatic nitrogens is 2. The van der Waals surface area contributed by atoms with Crippen molar-refractivity contribution in [3.8, 4) is 0 Å². The van der Waals surface area contributed by atoms with Crippen LogP contribution in [0.4, 0.5) is 0 Å². The van der Waals surface area contributed by atoms with Gasteiger partial charge in [0.15, 0.2) is 0 Å². The van der Waals surface area contributed by atoms with Crippen molar-refractivity contribution < 1.29 is 9.53 Å². The van der Waals surface area contributed by atoms with Crippen LogP contribution in [0.1, 0.15) is 54.7 Å². The first-order chi connectivity index (χ1) is 12.2. The number of ether oxygens (including phenoxy) is 1. The topological polar surface area (TPSA) is 55.3 Å². The molecule has 0 saturated heterocycles. The van der Waals surface area contributed by atoms with E-state index in [1.807, 2.05) is 6.92 Å². The Morgan fingerprint density at radius 2 is 2.04 bits per heavy atom. The van der Waals surface area contributed by atoms with Crippen molar-refractivity contribution >= 4 is 5.91 Å². The van der Waals surface area contributed by atoms with Crippen molar-refractivity contribution in [2.45, 2.75) is 51.5 Å². The molecule has 3 saturated carbocycles. The van der Waals surface area contributed by atoms with Crippen molar-refractivity contribution in [3.05, 3.63) is 23.8 Å². The van der Waals surface area contributed by atoms with Crippen LogP contribution in [-0.2, 0) is 4.74 Å². The summed E-state index contributed by atoms with van der Waals surface area (Å²) in [5.74, 6) is 3.38. The lowest BCUT2D eigenvalue weighted by atomic mass is 9.78. The summed E-state index contributed by atoms with van der Waals surface area (Å²) in [5.41, 5.74) is 1.32. The predicted octanol–water partition coefficient (Wildman–Crippen LogP) is 3.09. The minimum Gasteiger partial charge on any atom is -0.385 e. The predicted molar refractivity (Wildman–Crippen MR) is 95.1 cm³/mol. The van der Waals surface area contributed by atoms with Crippen LogP contribution in [0.2, 0.25) is 0 Å². The molecular formula is C20H29N3O2. The molecule has 0 unspecified atom stereocenters. The molecule has 3 aliphatic carbocycles. The van der Waals surface area contributed by atoms with Gasteiger partial charge >= 0.3 is 0 Å². The van der Waals surface area contributed by atoms with Gasteiger partial charge in [-0.3, -0.25) is 9.78 Å². The Labute approximate surface area is 150 Å². The highest BCUT2D eigenvalue weighted by Crippen LogP contribution is 2.59. The molecule has 1 aromatic rings. The third-order valence-corrected chi connectivity index (χ3v) is 6.80. The molecule has 4 rings (SSSR count). The SMILES string of the molecule is COCCCN(C(=O)c1cnc(C)cn1)[C@@H]1C[C@H]2C[C@H]1[C@H]1CCC[C@H]21. The fourth-order valence-electron chi connectivity index (χ4n) is 5.84. The molecule has 1 amide bonds. The van der Waals surface area contributed by atoms with E-state index in [2.05, 4.69) is 14.9 Å². The third kappa shape index (κ3) is 3.07. The lowest BCUT2D eigenvalue weighted by Gasteiger charge is -2.39. The summed E-state index contributed by atoms with van der Waals surface area (Å²) >= 11 is 0. The van der Waals surface area contributed by atoms with Crippen LogP contribution < -0.4 is 0 Å². The van der Waals surface area contributed by atoms with Gasteiger partial charge in [-0.1, -0.05) is 6.42 Å². The number of fused-ring (bicyclic) bond motifs is 5. The van der Waals surface area contributed by atoms with Gasteiger partial charge in [0.1, 0.15) is 5.69 Å². The molecule has 1 heterocycles. The second-order valence-corrected chi connectivity index (χ2v) is 8.11. The molecule has 0 aliphatic heterocycles. The summed E-state index contributed by atoms with van der Waals surface area (Å²) in [6.45, 7) is 3.34. The van der Waals surface area contributed by atoms with Gasteiger partial charge in [0.2, 0.25) is 0 Å². The quantitative estimate of drug-likeness (QED) is 0.745. The van der Waals surface area contributed by atoms with Crippen LogP contribution in [0.5, 0.6) is 0 Å². The minimum atomic E-state index is 0.0516. The van der Waals surface area contributed by atoms with Gasteiger partial charge in [-0.2, -0.15) is 0 Å². The smallest absolute Gasteiger partial charge is 0.274 e. The first kappa shape index (κ1) is 17.0. The molecule has 0 radical (unpaired) electrons. The van der Waals surface area contributed by atoms with E-state index in [-0.39, 0.29) is 5.91 Å². The third-order valence-electron chi connectivity index (χ3n) is 6.80. The zero-order chi connectivity index (χ0) is 17.4. The number of nitrogens with zero attached hydrogens (tertiary/aromatic N) is 3. The molecule has 5 nitrogen and oxygen atoms in total. The van der Waals surface area contributed by atoms with Crippen molar-refractivity contribution in [2.24, 2.45) is 23.7 Å². The molecule has 1 aromatic heterocycles. The second kappa shape index (κ2) is 7.02. The van der Waals surface area contributed by atoms with Gasteiger partial charge in [0.05, 0.1) is 11.9 Å². The van der Waals surface area contributed by atoms with Crippen LogP contribution >= 0.6 is 0 Å². The minimum absolute atomic E-state index is 0.0516. The fourth-order valence-corrected chi connectivity index (χ4v) is 5.84. The Kier molecular flexibility index (Phi) is 4.76. The zero-order valence-electron chi connectivity index (χ0n) is 15.4. The van der Waals surface area contributed by atoms with Crippen molar-refractivity contribution in [1.82, 2.24) is 14.9 Å². The summed E-state index contributed by atoms with van der Waals surface area (Å²) in [7, 11) is 1.72. The van der Waals surface area contributed by atoms with Gasteiger partial charge in [0, 0.05) is 32.5 Å². The normalized spacial score (nSPS) is 32.8. The monoisotopic (exact) mass is 343 g/mol. The van der Waals surface area contributed by atoms with E-state index in [1.165, 1.54) is 32.1 Å². The number of amides is 1. The summed E-state index contributed by atoms with van der Waals surface area (Å²) in [4.78, 5) is 23.9. The second-order valence-electron chi connectivity index (χ2n) is 8.11. The van der Waals surface area contributed by atoms with E-state index in [0.29, 0.717) is 24.3 Å². The van der Waals surface area contributed by atoms with Crippen LogP contribution in [-0.4, -0.2) is 47.1 Å². The maximum atomic E-state index is 13.2. The number of hydrogen-bond acceptors (Lipinski definition) is 4. The summed E-state index contributed by atoms with van der Waals surface area (Å²) in [5, 5.41) is 0. The summed E-state index contributed by atoms with van der Waals surface area (Å²) in [6, 6.07) is 0.386. The molecule has 5 heteroatoms. The first-order valence-corrected chi connectivity index (χ1v) is 9.77. The maximum Gasteiger partial charge on any atom is 0.274 e. The standard InChI is InChI=1S/C20H29N3O2/c1-13-11-22-18(12-21-13)20(24)23(7-4-8-25-2)19-10-14-9-17(19)16-6-3-5-15(14)16/h11-12,14-17,19H,3-10H2,1-2H3/t14-,15-,16+,17+,19-/m1/s1. The first-order valence-electron chi connectivity index (χ1n) is 9.77. The molecule has 5 atom stereocenters. The molecule has 136 valence electrons. The van der Waals surface area contributed by atoms with Gasteiger partial charge in [0.25, 0.3) is 5.91 Å². The number of hydrogen-bond donors (Lipinski definition) is 0. The highest BCUT2D eigenvalue weighted by Gasteiger charge is 2.55. The molecule has 3 aliphatic rings. The van der Waals surface area contributed by atoms with E-state index >= 15 is 0 Å². The van der Waals surface area contributed by atoms with Crippen LogP contribution in [0.3, 0.4) is 0 Å². The molecule has 25 heavy (non-hydrogen) atoms. The number of carbonyl (C=O) groups excluding carboxylic acids is 1. The highest BCUT2D eigenvalue weighted by molar-refractivity contribution is 5.92. The maximum absolute atomic E-state index is 13.2. The Hall–Kier alpha value is -1.49. The Bertz CT molecular complexity index is 618. The van der Waals surface area contributed by atoms with E-state index in [9.17, 15) is 4.79 Å². The van der Waals surface area contributed by atoms with E-state index < -0.39 is 0 Å². The molecule has 2 bridgehead atoms. The lowest BCUT2D eigenvalue weighted by molar-refractivity contribution is 0.0487. The Morgan fingerprint density at radius 3 is 2.80 bits per heavy atom. The Balaban J connectivity index is 1.54. The number of methoxy groups -OCH3 is 1. The van der Waals surface area contributed by atoms with Gasteiger partial charge in [-0.25, -0.2) is 4.98 Å². The van der Waals surface area contributed by atoms with Crippen molar-refractivity contribution in [2.75, 3.05) is 20.3 Å². The summed E-state index contributed by atoms with van der Waals surface area (Å²) < 4.78 is 5.22. The van der Waals surface area contributed by atoms with Crippen LogP contribution in [0, 0.1) is 30.6 Å². The number of aryl methyl sites for hydroxylation is 1. The van der Waals surface area contributed by atoms with Gasteiger partial charge in [-0.05, 0) is 62.7 Å². The van der Waals surface area contributed by atoms with E-state index in [0.717, 1.165) is 36.4 Å². The number of carbonyl (C=O) groups is 1. The van der Waals surface area contributed by atoms with Gasteiger partial charge < -0.3 is 9.64 Å². The van der Waals surface area contributed by atoms with Crippen LogP contribution in [0.25, 0.3) is 0 Å². The molecular weight excluding hydrogens is 314 g/mol. The zero-order valence-corrected chi connectivity index (χ0v) is 15.4. The number of rotatable bonds is 6. The highest BCUT2D eigenvalue weighted by atomic mass is 16.5. The fraction of sp³-hybridized carbons (Fsp3) is 0.750. The molecule has 3 fully saturated rings. The lowest BCUT2D eigenvalue weighted by Crippen LogP contribution is -2.47. The van der Waals surface area contributed by atoms with E-state index in [1.54, 1.807) is 19.5 Å². The molecule has 0 N–H and O–H groups in total. The molecule has 0 aromatic carbocycles. The van der Waals surface area contributed by atoms with Gasteiger partial charge in [-0.15, -0.1) is 0 Å². The van der Waals surface area contributed by atoms with Crippen LogP contribution in [0.15, 0.2) is 12.4 Å². The summed E-state index contributed by atoms with van der Waals surface area (Å²) in [6.07, 6.45) is 10.9. The molecule has 0 spiro atoms. The Morgan fingerprint density at radius 1 is 1.20 bits per heavy atom. The average Bonchev–Trinajstić information content (AvgIpc) is 3.31. The van der Waals surface area contributed by atoms with Crippen molar-refractivity contribution in [1.29, 1.82) is 0 Å².